The highest BCUT2D eigenvalue weighted by molar-refractivity contribution is 5.73. The molecule has 72 valence electrons. The average Bonchev–Trinajstić information content (AvgIpc) is 2.63. The van der Waals surface area contributed by atoms with E-state index in [-0.39, 0.29) is 12.0 Å². The van der Waals surface area contributed by atoms with E-state index in [4.69, 9.17) is 5.11 Å². The smallest absolute Gasteiger partial charge is 0.308 e. The molecule has 2 fully saturated rings. The lowest BCUT2D eigenvalue weighted by atomic mass is 9.84. The highest BCUT2D eigenvalue weighted by Crippen LogP contribution is 2.48. The Morgan fingerprint density at radius 2 is 2.08 bits per heavy atom. The van der Waals surface area contributed by atoms with Gasteiger partial charge in [-0.3, -0.25) is 9.59 Å². The largest absolute Gasteiger partial charge is 0.481 e. The van der Waals surface area contributed by atoms with Crippen LogP contribution in [0.2, 0.25) is 0 Å². The van der Waals surface area contributed by atoms with Gasteiger partial charge in [-0.15, -0.1) is 0 Å². The number of hydrogen-bond acceptors (Lipinski definition) is 2. The predicted molar refractivity (Wildman–Crippen MR) is 44.9 cm³/mol. The quantitative estimate of drug-likeness (QED) is 0.615. The van der Waals surface area contributed by atoms with Gasteiger partial charge in [-0.1, -0.05) is 0 Å². The number of aliphatic carboxylic acids is 1. The molecule has 1 amide bonds. The number of nitrogens with one attached hydrogen (secondary N) is 1. The van der Waals surface area contributed by atoms with E-state index in [1.165, 1.54) is 0 Å². The minimum absolute atomic E-state index is 0.117. The van der Waals surface area contributed by atoms with Gasteiger partial charge in [-0.2, -0.15) is 0 Å². The van der Waals surface area contributed by atoms with E-state index < -0.39 is 5.97 Å². The molecule has 2 aliphatic carbocycles. The van der Waals surface area contributed by atoms with E-state index in [9.17, 15) is 9.59 Å². The zero-order valence-corrected chi connectivity index (χ0v) is 7.27. The molecule has 4 nitrogen and oxygen atoms in total. The fraction of sp³-hybridized carbons (Fsp3) is 0.778. The molecular weight excluding hydrogens is 170 g/mol. The number of carboxylic acid groups (broad SMARTS) is 1. The second-order valence-corrected chi connectivity index (χ2v) is 4.01. The summed E-state index contributed by atoms with van der Waals surface area (Å²) in [5, 5.41) is 11.6. The monoisotopic (exact) mass is 183 g/mol. The number of amides is 1. The van der Waals surface area contributed by atoms with E-state index in [1.54, 1.807) is 0 Å². The van der Waals surface area contributed by atoms with Gasteiger partial charge in [0.2, 0.25) is 6.41 Å². The van der Waals surface area contributed by atoms with Crippen LogP contribution in [0.3, 0.4) is 0 Å². The number of fused-ring (bicyclic) bond motifs is 2. The average molecular weight is 183 g/mol. The summed E-state index contributed by atoms with van der Waals surface area (Å²) < 4.78 is 0. The van der Waals surface area contributed by atoms with E-state index in [1.807, 2.05) is 0 Å². The van der Waals surface area contributed by atoms with Crippen molar-refractivity contribution in [3.05, 3.63) is 0 Å². The van der Waals surface area contributed by atoms with Crippen LogP contribution in [0, 0.1) is 17.8 Å². The Hall–Kier alpha value is -1.06. The fourth-order valence-electron chi connectivity index (χ4n) is 2.97. The summed E-state index contributed by atoms with van der Waals surface area (Å²) in [6, 6.07) is -0.117. The maximum absolute atomic E-state index is 10.9. The van der Waals surface area contributed by atoms with Crippen molar-refractivity contribution in [2.75, 3.05) is 0 Å². The molecule has 0 heterocycles. The predicted octanol–water partition coefficient (Wildman–Crippen LogP) is 0.232. The number of carboxylic acids is 1. The molecule has 2 saturated carbocycles. The minimum atomic E-state index is -0.758. The highest BCUT2D eigenvalue weighted by Gasteiger charge is 2.50. The van der Waals surface area contributed by atoms with Crippen LogP contribution in [-0.4, -0.2) is 23.5 Å². The Morgan fingerprint density at radius 1 is 1.38 bits per heavy atom. The lowest BCUT2D eigenvalue weighted by molar-refractivity contribution is -0.144. The van der Waals surface area contributed by atoms with Crippen molar-refractivity contribution in [1.29, 1.82) is 0 Å². The van der Waals surface area contributed by atoms with Crippen molar-refractivity contribution in [3.8, 4) is 0 Å². The lowest BCUT2D eigenvalue weighted by Crippen LogP contribution is -2.43. The number of rotatable bonds is 3. The molecule has 2 aliphatic rings. The number of carbonyl (C=O) groups is 2. The summed E-state index contributed by atoms with van der Waals surface area (Å²) in [6.45, 7) is 0. The molecule has 0 radical (unpaired) electrons. The molecule has 4 unspecified atom stereocenters. The van der Waals surface area contributed by atoms with Gasteiger partial charge < -0.3 is 10.4 Å². The molecule has 2 bridgehead atoms. The molecule has 0 spiro atoms. The standard InChI is InChI=1S/C9H13NO3/c11-4-10-8-6-2-1-5(3-6)7(8)9(12)13/h4-8H,1-3H2,(H,10,11)(H,12,13). The highest BCUT2D eigenvalue weighted by atomic mass is 16.4. The molecule has 0 saturated heterocycles. The molecule has 0 aromatic heterocycles. The molecule has 4 atom stereocenters. The van der Waals surface area contributed by atoms with Crippen LogP contribution >= 0.6 is 0 Å². The summed E-state index contributed by atoms with van der Waals surface area (Å²) >= 11 is 0. The molecule has 0 aromatic rings. The van der Waals surface area contributed by atoms with Crippen LogP contribution in [0.15, 0.2) is 0 Å². The Balaban J connectivity index is 2.14. The second-order valence-electron chi connectivity index (χ2n) is 4.01. The van der Waals surface area contributed by atoms with Crippen LogP contribution in [0.1, 0.15) is 19.3 Å². The summed E-state index contributed by atoms with van der Waals surface area (Å²) in [5.74, 6) is -0.410. The van der Waals surface area contributed by atoms with Gasteiger partial charge in [0, 0.05) is 6.04 Å². The van der Waals surface area contributed by atoms with Crippen molar-refractivity contribution in [2.24, 2.45) is 17.8 Å². The van der Waals surface area contributed by atoms with Crippen molar-refractivity contribution >= 4 is 12.4 Å². The van der Waals surface area contributed by atoms with Gasteiger partial charge in [-0.25, -0.2) is 0 Å². The summed E-state index contributed by atoms with van der Waals surface area (Å²) in [4.78, 5) is 21.2. The van der Waals surface area contributed by atoms with Crippen LogP contribution < -0.4 is 5.32 Å². The van der Waals surface area contributed by atoms with Crippen molar-refractivity contribution in [1.82, 2.24) is 5.32 Å². The van der Waals surface area contributed by atoms with Crippen LogP contribution in [0.5, 0.6) is 0 Å². The lowest BCUT2D eigenvalue weighted by Gasteiger charge is -2.27. The third-order valence-corrected chi connectivity index (χ3v) is 3.46. The van der Waals surface area contributed by atoms with Crippen molar-refractivity contribution in [2.45, 2.75) is 25.3 Å². The maximum atomic E-state index is 10.9. The fourth-order valence-corrected chi connectivity index (χ4v) is 2.97. The van der Waals surface area contributed by atoms with E-state index in [0.29, 0.717) is 18.2 Å². The van der Waals surface area contributed by atoms with Crippen LogP contribution in [0.25, 0.3) is 0 Å². The number of hydrogen-bond donors (Lipinski definition) is 2. The first kappa shape index (κ1) is 8.53. The van der Waals surface area contributed by atoms with E-state index in [0.717, 1.165) is 19.3 Å². The van der Waals surface area contributed by atoms with Crippen molar-refractivity contribution in [3.63, 3.8) is 0 Å². The molecule has 4 heteroatoms. The molecule has 0 aromatic carbocycles. The van der Waals surface area contributed by atoms with Gasteiger partial charge in [0.25, 0.3) is 0 Å². The van der Waals surface area contributed by atoms with Crippen LogP contribution in [0.4, 0.5) is 0 Å². The Labute approximate surface area is 76.3 Å². The van der Waals surface area contributed by atoms with Gasteiger partial charge in [0.05, 0.1) is 5.92 Å². The van der Waals surface area contributed by atoms with Gasteiger partial charge in [0.15, 0.2) is 0 Å². The molecule has 0 aliphatic heterocycles. The molecule has 2 rings (SSSR count). The first-order chi connectivity index (χ1) is 6.24. The van der Waals surface area contributed by atoms with E-state index >= 15 is 0 Å². The molecular formula is C9H13NO3. The van der Waals surface area contributed by atoms with Gasteiger partial charge in [0.1, 0.15) is 0 Å². The van der Waals surface area contributed by atoms with Gasteiger partial charge >= 0.3 is 5.97 Å². The first-order valence-electron chi connectivity index (χ1n) is 4.66. The third-order valence-electron chi connectivity index (χ3n) is 3.46. The maximum Gasteiger partial charge on any atom is 0.308 e. The van der Waals surface area contributed by atoms with Crippen LogP contribution in [-0.2, 0) is 9.59 Å². The Bertz CT molecular complexity index is 241. The van der Waals surface area contributed by atoms with E-state index in [2.05, 4.69) is 5.32 Å². The Morgan fingerprint density at radius 3 is 2.69 bits per heavy atom. The summed E-state index contributed by atoms with van der Waals surface area (Å²) in [7, 11) is 0. The molecule has 2 N–H and O–H groups in total. The zero-order valence-electron chi connectivity index (χ0n) is 7.27. The molecule has 13 heavy (non-hydrogen) atoms. The van der Waals surface area contributed by atoms with Crippen molar-refractivity contribution < 1.29 is 14.7 Å². The Kier molecular flexibility index (Phi) is 1.98. The summed E-state index contributed by atoms with van der Waals surface area (Å²) in [5.41, 5.74) is 0. The summed E-state index contributed by atoms with van der Waals surface area (Å²) in [6.07, 6.45) is 3.68. The first-order valence-corrected chi connectivity index (χ1v) is 4.66. The topological polar surface area (TPSA) is 66.4 Å². The van der Waals surface area contributed by atoms with Gasteiger partial charge in [-0.05, 0) is 31.1 Å². The normalized spacial score (nSPS) is 41.8. The minimum Gasteiger partial charge on any atom is -0.481 e. The SMILES string of the molecule is O=CNC1C2CCC(C2)C1C(=O)O. The number of carbonyl (C=O) groups excluding carboxylic acids is 1. The zero-order chi connectivity index (χ0) is 9.42. The second kappa shape index (κ2) is 3.01. The third kappa shape index (κ3) is 1.20.